The van der Waals surface area contributed by atoms with Crippen LogP contribution in [0.3, 0.4) is 0 Å². The number of carbonyl (C=O) groups excluding carboxylic acids is 1. The van der Waals surface area contributed by atoms with Gasteiger partial charge in [-0.1, -0.05) is 0 Å². The molecule has 2 N–H and O–H groups in total. The normalized spacial score (nSPS) is 13.8. The Morgan fingerprint density at radius 1 is 1.13 bits per heavy atom. The second kappa shape index (κ2) is 7.78. The monoisotopic (exact) mass is 407 g/mol. The molecule has 0 aliphatic heterocycles. The molecule has 2 heterocycles. The predicted octanol–water partition coefficient (Wildman–Crippen LogP) is 4.29. The second-order valence-corrected chi connectivity index (χ2v) is 8.53. The van der Waals surface area contributed by atoms with Gasteiger partial charge in [0.25, 0.3) is 5.56 Å². The maximum atomic E-state index is 12.3. The third kappa shape index (κ3) is 4.94. The molecule has 2 aromatic heterocycles. The minimum absolute atomic E-state index is 0.0448. The zero-order chi connectivity index (χ0) is 21.3. The smallest absolute Gasteiger partial charge is 0.412 e. The Kier molecular flexibility index (Phi) is 5.15. The molecular weight excluding hydrogens is 382 g/mol. The number of ether oxygens (including phenoxy) is 1. The van der Waals surface area contributed by atoms with Crippen molar-refractivity contribution in [1.82, 2.24) is 14.5 Å². The first kappa shape index (κ1) is 19.9. The third-order valence-corrected chi connectivity index (χ3v) is 4.65. The zero-order valence-electron chi connectivity index (χ0n) is 17.3. The lowest BCUT2D eigenvalue weighted by Crippen LogP contribution is -2.27. The van der Waals surface area contributed by atoms with Gasteiger partial charge in [0.1, 0.15) is 11.2 Å². The van der Waals surface area contributed by atoms with Crippen molar-refractivity contribution in [1.29, 1.82) is 0 Å². The SMILES string of the molecule is CC(C)(C)OC(=O)Nc1ccc(Nc2ncc3ccc(=O)n(CC4CC4)c3n2)cc1. The summed E-state index contributed by atoms with van der Waals surface area (Å²) in [6.07, 6.45) is 3.52. The summed E-state index contributed by atoms with van der Waals surface area (Å²) in [6.45, 7) is 6.13. The summed E-state index contributed by atoms with van der Waals surface area (Å²) in [7, 11) is 0. The molecule has 1 saturated carbocycles. The Labute approximate surface area is 174 Å². The number of anilines is 3. The molecule has 8 nitrogen and oxygen atoms in total. The van der Waals surface area contributed by atoms with Crippen molar-refractivity contribution in [3.63, 3.8) is 0 Å². The molecule has 1 aliphatic rings. The topological polar surface area (TPSA) is 98.1 Å². The molecule has 156 valence electrons. The van der Waals surface area contributed by atoms with E-state index in [1.807, 2.05) is 32.9 Å². The standard InChI is InChI=1S/C22H25N5O3/c1-22(2,3)30-21(29)25-17-9-7-16(8-10-17)24-20-23-12-15-6-11-18(28)27(19(15)26-20)13-14-4-5-14/h6-12,14H,4-5,13H2,1-3H3,(H,25,29)(H,23,24,26). The quantitative estimate of drug-likeness (QED) is 0.655. The average Bonchev–Trinajstić information content (AvgIpc) is 3.48. The maximum absolute atomic E-state index is 12.3. The van der Waals surface area contributed by atoms with E-state index in [1.54, 1.807) is 35.0 Å². The average molecular weight is 407 g/mol. The Morgan fingerprint density at radius 2 is 1.83 bits per heavy atom. The van der Waals surface area contributed by atoms with Crippen LogP contribution in [0.4, 0.5) is 22.1 Å². The summed E-state index contributed by atoms with van der Waals surface area (Å²) >= 11 is 0. The largest absolute Gasteiger partial charge is 0.444 e. The van der Waals surface area contributed by atoms with E-state index in [4.69, 9.17) is 4.74 Å². The number of hydrogen-bond acceptors (Lipinski definition) is 6. The van der Waals surface area contributed by atoms with E-state index in [0.717, 1.165) is 23.9 Å². The van der Waals surface area contributed by atoms with Crippen LogP contribution in [0.5, 0.6) is 0 Å². The summed E-state index contributed by atoms with van der Waals surface area (Å²) in [5, 5.41) is 6.67. The number of fused-ring (bicyclic) bond motifs is 1. The van der Waals surface area contributed by atoms with Gasteiger partial charge in [0.2, 0.25) is 5.95 Å². The van der Waals surface area contributed by atoms with Gasteiger partial charge in [0, 0.05) is 35.6 Å². The lowest BCUT2D eigenvalue weighted by atomic mass is 10.2. The molecular formula is C22H25N5O3. The number of carbonyl (C=O) groups is 1. The van der Waals surface area contributed by atoms with Crippen LogP contribution in [0, 0.1) is 5.92 Å². The molecule has 1 aliphatic carbocycles. The fraction of sp³-hybridized carbons (Fsp3) is 0.364. The Morgan fingerprint density at radius 3 is 2.50 bits per heavy atom. The molecule has 0 unspecified atom stereocenters. The zero-order valence-corrected chi connectivity index (χ0v) is 17.3. The number of pyridine rings is 1. The van der Waals surface area contributed by atoms with Crippen LogP contribution < -0.4 is 16.2 Å². The van der Waals surface area contributed by atoms with E-state index in [9.17, 15) is 9.59 Å². The minimum atomic E-state index is -0.556. The lowest BCUT2D eigenvalue weighted by molar-refractivity contribution is 0.0636. The van der Waals surface area contributed by atoms with Gasteiger partial charge in [-0.3, -0.25) is 14.7 Å². The van der Waals surface area contributed by atoms with E-state index in [-0.39, 0.29) is 5.56 Å². The van der Waals surface area contributed by atoms with Gasteiger partial charge in [-0.15, -0.1) is 0 Å². The number of amides is 1. The third-order valence-electron chi connectivity index (χ3n) is 4.65. The van der Waals surface area contributed by atoms with Crippen LogP contribution in [0.2, 0.25) is 0 Å². The van der Waals surface area contributed by atoms with Gasteiger partial charge in [0.05, 0.1) is 0 Å². The summed E-state index contributed by atoms with van der Waals surface area (Å²) in [5.74, 6) is 0.968. The van der Waals surface area contributed by atoms with E-state index < -0.39 is 11.7 Å². The van der Waals surface area contributed by atoms with Gasteiger partial charge in [-0.25, -0.2) is 9.78 Å². The number of benzene rings is 1. The Hall–Kier alpha value is -3.42. The highest BCUT2D eigenvalue weighted by Gasteiger charge is 2.23. The molecule has 0 spiro atoms. The highest BCUT2D eigenvalue weighted by molar-refractivity contribution is 5.85. The number of nitrogens with zero attached hydrogens (tertiary/aromatic N) is 3. The van der Waals surface area contributed by atoms with Crippen molar-refractivity contribution in [3.8, 4) is 0 Å². The molecule has 0 saturated heterocycles. The van der Waals surface area contributed by atoms with E-state index in [0.29, 0.717) is 29.7 Å². The van der Waals surface area contributed by atoms with Gasteiger partial charge >= 0.3 is 6.09 Å². The fourth-order valence-corrected chi connectivity index (χ4v) is 3.05. The van der Waals surface area contributed by atoms with Crippen molar-refractivity contribution in [2.45, 2.75) is 45.8 Å². The second-order valence-electron chi connectivity index (χ2n) is 8.53. The molecule has 0 bridgehead atoms. The van der Waals surface area contributed by atoms with Crippen molar-refractivity contribution >= 4 is 34.4 Å². The van der Waals surface area contributed by atoms with Crippen LogP contribution in [-0.2, 0) is 11.3 Å². The highest BCUT2D eigenvalue weighted by atomic mass is 16.6. The van der Waals surface area contributed by atoms with E-state index in [1.165, 1.54) is 0 Å². The van der Waals surface area contributed by atoms with Gasteiger partial charge < -0.3 is 10.1 Å². The van der Waals surface area contributed by atoms with Crippen molar-refractivity contribution in [2.75, 3.05) is 10.6 Å². The van der Waals surface area contributed by atoms with Crippen LogP contribution >= 0.6 is 0 Å². The molecule has 0 radical (unpaired) electrons. The van der Waals surface area contributed by atoms with Crippen LogP contribution in [0.1, 0.15) is 33.6 Å². The summed E-state index contributed by atoms with van der Waals surface area (Å²) in [4.78, 5) is 33.1. The first-order valence-electron chi connectivity index (χ1n) is 10.0. The Balaban J connectivity index is 1.50. The first-order valence-corrected chi connectivity index (χ1v) is 10.0. The molecule has 30 heavy (non-hydrogen) atoms. The van der Waals surface area contributed by atoms with Gasteiger partial charge in [-0.05, 0) is 69.9 Å². The molecule has 0 atom stereocenters. The summed E-state index contributed by atoms with van der Waals surface area (Å²) in [6, 6.07) is 10.5. The lowest BCUT2D eigenvalue weighted by Gasteiger charge is -2.19. The van der Waals surface area contributed by atoms with Crippen LogP contribution in [0.15, 0.2) is 47.4 Å². The molecule has 8 heteroatoms. The molecule has 1 amide bonds. The maximum Gasteiger partial charge on any atom is 0.412 e. The van der Waals surface area contributed by atoms with Crippen molar-refractivity contribution < 1.29 is 9.53 Å². The first-order chi connectivity index (χ1) is 14.3. The van der Waals surface area contributed by atoms with Crippen LogP contribution in [0.25, 0.3) is 11.0 Å². The van der Waals surface area contributed by atoms with Crippen LogP contribution in [-0.4, -0.2) is 26.2 Å². The minimum Gasteiger partial charge on any atom is -0.444 e. The van der Waals surface area contributed by atoms with Crippen molar-refractivity contribution in [3.05, 3.63) is 52.9 Å². The molecule has 4 rings (SSSR count). The Bertz CT molecular complexity index is 1130. The number of rotatable bonds is 5. The molecule has 1 aromatic carbocycles. The molecule has 1 fully saturated rings. The highest BCUT2D eigenvalue weighted by Crippen LogP contribution is 2.31. The molecule has 3 aromatic rings. The fourth-order valence-electron chi connectivity index (χ4n) is 3.05. The number of aromatic nitrogens is 3. The number of nitrogens with one attached hydrogen (secondary N) is 2. The summed E-state index contributed by atoms with van der Waals surface area (Å²) in [5.41, 5.74) is 1.41. The van der Waals surface area contributed by atoms with Gasteiger partial charge in [0.15, 0.2) is 0 Å². The van der Waals surface area contributed by atoms with E-state index in [2.05, 4.69) is 20.6 Å². The van der Waals surface area contributed by atoms with Crippen molar-refractivity contribution in [2.24, 2.45) is 5.92 Å². The summed E-state index contributed by atoms with van der Waals surface area (Å²) < 4.78 is 6.98. The van der Waals surface area contributed by atoms with E-state index >= 15 is 0 Å². The van der Waals surface area contributed by atoms with Gasteiger partial charge in [-0.2, -0.15) is 4.98 Å². The number of hydrogen-bond donors (Lipinski definition) is 2. The predicted molar refractivity (Wildman–Crippen MR) is 116 cm³/mol.